The van der Waals surface area contributed by atoms with E-state index in [-0.39, 0.29) is 23.5 Å². The van der Waals surface area contributed by atoms with Gasteiger partial charge < -0.3 is 15.4 Å². The lowest BCUT2D eigenvalue weighted by Crippen LogP contribution is -2.35. The summed E-state index contributed by atoms with van der Waals surface area (Å²) >= 11 is 0. The van der Waals surface area contributed by atoms with Gasteiger partial charge in [-0.1, -0.05) is 6.92 Å². The molecule has 4 nitrogen and oxygen atoms in total. The highest BCUT2D eigenvalue weighted by Crippen LogP contribution is 2.27. The van der Waals surface area contributed by atoms with E-state index in [2.05, 4.69) is 4.74 Å². The molecule has 0 radical (unpaired) electrons. The van der Waals surface area contributed by atoms with Gasteiger partial charge in [0.1, 0.15) is 6.54 Å². The van der Waals surface area contributed by atoms with Gasteiger partial charge in [0.15, 0.2) is 0 Å². The zero-order chi connectivity index (χ0) is 15.3. The Hall–Kier alpha value is -1.92. The van der Waals surface area contributed by atoms with E-state index in [0.717, 1.165) is 4.90 Å². The number of esters is 1. The van der Waals surface area contributed by atoms with E-state index in [9.17, 15) is 18.0 Å². The molecule has 0 aliphatic carbocycles. The van der Waals surface area contributed by atoms with Crippen LogP contribution in [0, 0.1) is 0 Å². The van der Waals surface area contributed by atoms with E-state index in [1.54, 1.807) is 6.92 Å². The van der Waals surface area contributed by atoms with Crippen molar-refractivity contribution in [2.75, 3.05) is 30.8 Å². The molecule has 0 fully saturated rings. The first-order chi connectivity index (χ1) is 9.28. The number of rotatable bonds is 5. The lowest BCUT2D eigenvalue weighted by atomic mass is 10.1. The van der Waals surface area contributed by atoms with Crippen molar-refractivity contribution in [1.29, 1.82) is 0 Å². The van der Waals surface area contributed by atoms with Gasteiger partial charge >= 0.3 is 12.1 Å². The second-order valence-electron chi connectivity index (χ2n) is 4.30. The molecule has 0 saturated carbocycles. The molecule has 0 bridgehead atoms. The van der Waals surface area contributed by atoms with Crippen molar-refractivity contribution in [1.82, 2.24) is 0 Å². The largest absolute Gasteiger partial charge is 0.465 e. The number of nitrogens with zero attached hydrogens (tertiary/aromatic N) is 1. The second kappa shape index (κ2) is 6.49. The lowest BCUT2D eigenvalue weighted by molar-refractivity contribution is -0.119. The van der Waals surface area contributed by atoms with E-state index in [0.29, 0.717) is 6.42 Å². The monoisotopic (exact) mass is 290 g/mol. The number of methoxy groups -OCH3 is 1. The van der Waals surface area contributed by atoms with Crippen LogP contribution < -0.4 is 10.6 Å². The van der Waals surface area contributed by atoms with Crippen LogP contribution in [-0.4, -0.2) is 32.3 Å². The fourth-order valence-corrected chi connectivity index (χ4v) is 1.87. The zero-order valence-corrected chi connectivity index (χ0v) is 11.3. The van der Waals surface area contributed by atoms with Crippen LogP contribution in [0.15, 0.2) is 18.2 Å². The number of halogens is 3. The Morgan fingerprint density at radius 2 is 2.05 bits per heavy atom. The molecule has 1 aromatic carbocycles. The van der Waals surface area contributed by atoms with Gasteiger partial charge in [-0.05, 0) is 24.6 Å². The number of alkyl halides is 3. The molecule has 1 rings (SSSR count). The first kappa shape index (κ1) is 16.1. The van der Waals surface area contributed by atoms with Gasteiger partial charge in [-0.3, -0.25) is 0 Å². The van der Waals surface area contributed by atoms with Gasteiger partial charge in [0.25, 0.3) is 0 Å². The molecule has 1 aromatic rings. The third-order valence-corrected chi connectivity index (χ3v) is 2.63. The number of hydrogen-bond acceptors (Lipinski definition) is 4. The quantitative estimate of drug-likeness (QED) is 0.669. The molecule has 112 valence electrons. The highest BCUT2D eigenvalue weighted by atomic mass is 19.4. The highest BCUT2D eigenvalue weighted by Gasteiger charge is 2.32. The maximum absolute atomic E-state index is 12.6. The molecule has 0 saturated heterocycles. The molecule has 0 heterocycles. The molecule has 0 unspecified atom stereocenters. The van der Waals surface area contributed by atoms with Crippen LogP contribution in [0.3, 0.4) is 0 Å². The van der Waals surface area contributed by atoms with Crippen molar-refractivity contribution in [2.45, 2.75) is 19.5 Å². The minimum Gasteiger partial charge on any atom is -0.465 e. The first-order valence-electron chi connectivity index (χ1n) is 6.08. The number of ether oxygens (including phenoxy) is 1. The van der Waals surface area contributed by atoms with Crippen LogP contribution in [0.5, 0.6) is 0 Å². The van der Waals surface area contributed by atoms with Gasteiger partial charge in [-0.15, -0.1) is 0 Å². The number of carbonyl (C=O) groups is 1. The second-order valence-corrected chi connectivity index (χ2v) is 4.30. The Labute approximate surface area is 115 Å². The van der Waals surface area contributed by atoms with Crippen molar-refractivity contribution in [3.8, 4) is 0 Å². The molecule has 20 heavy (non-hydrogen) atoms. The Balaban J connectivity index is 3.21. The number of nitrogens with two attached hydrogens (primary N) is 1. The SMILES string of the molecule is CCCN(CC(F)(F)F)c1ccc(N)cc1C(=O)OC. The maximum Gasteiger partial charge on any atom is 0.405 e. The van der Waals surface area contributed by atoms with Crippen molar-refractivity contribution in [3.05, 3.63) is 23.8 Å². The first-order valence-corrected chi connectivity index (χ1v) is 6.08. The molecule has 0 aromatic heterocycles. The predicted molar refractivity (Wildman–Crippen MR) is 70.8 cm³/mol. The topological polar surface area (TPSA) is 55.6 Å². The summed E-state index contributed by atoms with van der Waals surface area (Å²) in [7, 11) is 1.17. The van der Waals surface area contributed by atoms with Crippen molar-refractivity contribution < 1.29 is 22.7 Å². The van der Waals surface area contributed by atoms with Gasteiger partial charge in [0.05, 0.1) is 18.4 Å². The molecule has 0 aliphatic rings. The smallest absolute Gasteiger partial charge is 0.405 e. The molecule has 0 aliphatic heterocycles. The van der Waals surface area contributed by atoms with Crippen molar-refractivity contribution >= 4 is 17.3 Å². The Morgan fingerprint density at radius 1 is 1.40 bits per heavy atom. The summed E-state index contributed by atoms with van der Waals surface area (Å²) in [5.74, 6) is -0.712. The third kappa shape index (κ3) is 4.32. The molecule has 2 N–H and O–H groups in total. The lowest BCUT2D eigenvalue weighted by Gasteiger charge is -2.27. The van der Waals surface area contributed by atoms with Crippen LogP contribution >= 0.6 is 0 Å². The van der Waals surface area contributed by atoms with Crippen LogP contribution in [0.2, 0.25) is 0 Å². The fraction of sp³-hybridized carbons (Fsp3) is 0.462. The number of benzene rings is 1. The minimum absolute atomic E-state index is 0.0326. The van der Waals surface area contributed by atoms with E-state index in [1.807, 2.05) is 0 Å². The molecular formula is C13H17F3N2O2. The molecule has 7 heteroatoms. The highest BCUT2D eigenvalue weighted by molar-refractivity contribution is 5.97. The maximum atomic E-state index is 12.6. The summed E-state index contributed by atoms with van der Waals surface area (Å²) in [6.07, 6.45) is -3.84. The minimum atomic E-state index is -4.36. The van der Waals surface area contributed by atoms with E-state index in [1.165, 1.54) is 25.3 Å². The van der Waals surface area contributed by atoms with Gasteiger partial charge in [-0.25, -0.2) is 4.79 Å². The number of anilines is 2. The predicted octanol–water partition coefficient (Wildman–Crippen LogP) is 2.83. The molecular weight excluding hydrogens is 273 g/mol. The van der Waals surface area contributed by atoms with Crippen LogP contribution in [0.1, 0.15) is 23.7 Å². The summed E-state index contributed by atoms with van der Waals surface area (Å²) in [4.78, 5) is 12.8. The Kier molecular flexibility index (Phi) is 5.24. The van der Waals surface area contributed by atoms with Gasteiger partial charge in [0.2, 0.25) is 0 Å². The molecule has 0 spiro atoms. The van der Waals surface area contributed by atoms with Crippen LogP contribution in [0.4, 0.5) is 24.5 Å². The average Bonchev–Trinajstić information content (AvgIpc) is 2.35. The summed E-state index contributed by atoms with van der Waals surface area (Å²) in [5, 5.41) is 0. The van der Waals surface area contributed by atoms with E-state index >= 15 is 0 Å². The number of hydrogen-bond donors (Lipinski definition) is 1. The fourth-order valence-electron chi connectivity index (χ4n) is 1.87. The van der Waals surface area contributed by atoms with Crippen LogP contribution in [-0.2, 0) is 4.74 Å². The average molecular weight is 290 g/mol. The van der Waals surface area contributed by atoms with Crippen molar-refractivity contribution in [3.63, 3.8) is 0 Å². The van der Waals surface area contributed by atoms with Crippen molar-refractivity contribution in [2.24, 2.45) is 0 Å². The Morgan fingerprint density at radius 3 is 2.55 bits per heavy atom. The third-order valence-electron chi connectivity index (χ3n) is 2.63. The number of nitrogen functional groups attached to an aromatic ring is 1. The zero-order valence-electron chi connectivity index (χ0n) is 11.3. The Bertz CT molecular complexity index is 475. The number of carbonyl (C=O) groups excluding carboxylic acids is 1. The summed E-state index contributed by atoms with van der Waals surface area (Å²) < 4.78 is 42.5. The van der Waals surface area contributed by atoms with Gasteiger partial charge in [-0.2, -0.15) is 13.2 Å². The van der Waals surface area contributed by atoms with Gasteiger partial charge in [0, 0.05) is 12.2 Å². The summed E-state index contributed by atoms with van der Waals surface area (Å²) in [6.45, 7) is 0.806. The van der Waals surface area contributed by atoms with E-state index in [4.69, 9.17) is 5.73 Å². The standard InChI is InChI=1S/C13H17F3N2O2/c1-3-6-18(8-13(14,15)16)11-5-4-9(17)7-10(11)12(19)20-2/h4-5,7H,3,6,8,17H2,1-2H3. The molecule has 0 atom stereocenters. The van der Waals surface area contributed by atoms with Crippen LogP contribution in [0.25, 0.3) is 0 Å². The normalized spacial score (nSPS) is 11.2. The summed E-state index contributed by atoms with van der Waals surface area (Å²) in [5.41, 5.74) is 6.07. The molecule has 0 amide bonds. The van der Waals surface area contributed by atoms with E-state index < -0.39 is 18.7 Å². The summed E-state index contributed by atoms with van der Waals surface area (Å²) in [6, 6.07) is 4.18.